The minimum absolute atomic E-state index is 0.203. The van der Waals surface area contributed by atoms with Crippen molar-refractivity contribution in [2.45, 2.75) is 63.6 Å². The number of fused-ring (bicyclic) bond motifs is 2. The normalized spacial score (nSPS) is 48.8. The van der Waals surface area contributed by atoms with E-state index in [0.29, 0.717) is 23.6 Å². The summed E-state index contributed by atoms with van der Waals surface area (Å²) in [5, 5.41) is 27.3. The first-order valence-electron chi connectivity index (χ1n) is 12.8. The van der Waals surface area contributed by atoms with Gasteiger partial charge in [0.1, 0.15) is 5.76 Å². The zero-order chi connectivity index (χ0) is 21.8. The molecule has 4 unspecified atom stereocenters. The van der Waals surface area contributed by atoms with Crippen molar-refractivity contribution in [3.05, 3.63) is 59.1 Å². The van der Waals surface area contributed by atoms with Crippen LogP contribution in [0.5, 0.6) is 0 Å². The summed E-state index contributed by atoms with van der Waals surface area (Å²) in [4.78, 5) is 2.63. The number of allylic oxidation sites excluding steroid dienone is 6. The van der Waals surface area contributed by atoms with Gasteiger partial charge in [-0.05, 0) is 87.5 Å². The highest BCUT2D eigenvalue weighted by Crippen LogP contribution is 2.70. The van der Waals surface area contributed by atoms with Gasteiger partial charge in [-0.2, -0.15) is 0 Å². The van der Waals surface area contributed by atoms with Gasteiger partial charge in [0, 0.05) is 35.5 Å². The largest absolute Gasteiger partial charge is 0.508 e. The molecule has 0 aromatic carbocycles. The number of nitrogens with one attached hydrogen (secondary N) is 1. The molecule has 2 bridgehead atoms. The number of nitrogens with zero attached hydrogens (tertiary/aromatic N) is 1. The summed E-state index contributed by atoms with van der Waals surface area (Å²) in [7, 11) is 0. The lowest BCUT2D eigenvalue weighted by molar-refractivity contribution is -0.221. The second kappa shape index (κ2) is 6.42. The Labute approximate surface area is 191 Å². The first-order valence-corrected chi connectivity index (χ1v) is 12.8. The SMILES string of the molecule is CC1=C([C@@H]2CC3=C(O)C=CC4C[C@H]5N(CC6CC6)CC[C@@]2(C34)[C@]5(C)O)NC2C=CC=CC12. The van der Waals surface area contributed by atoms with E-state index in [-0.39, 0.29) is 23.3 Å². The topological polar surface area (TPSA) is 55.7 Å². The quantitative estimate of drug-likeness (QED) is 0.625. The van der Waals surface area contributed by atoms with E-state index in [2.05, 4.69) is 54.4 Å². The van der Waals surface area contributed by atoms with Gasteiger partial charge in [0.05, 0.1) is 11.6 Å². The molecular formula is C28H36N2O2. The van der Waals surface area contributed by atoms with Gasteiger partial charge in [-0.3, -0.25) is 4.90 Å². The van der Waals surface area contributed by atoms with Gasteiger partial charge in [0.25, 0.3) is 0 Å². The van der Waals surface area contributed by atoms with Gasteiger partial charge in [-0.15, -0.1) is 0 Å². The average Bonchev–Trinajstić information content (AvgIpc) is 3.43. The number of aliphatic hydroxyl groups excluding tert-OH is 1. The van der Waals surface area contributed by atoms with Crippen molar-refractivity contribution < 1.29 is 10.2 Å². The molecule has 2 aliphatic heterocycles. The van der Waals surface area contributed by atoms with E-state index in [0.717, 1.165) is 38.3 Å². The summed E-state index contributed by atoms with van der Waals surface area (Å²) in [5.41, 5.74) is 2.99. The van der Waals surface area contributed by atoms with Crippen LogP contribution in [-0.2, 0) is 0 Å². The van der Waals surface area contributed by atoms with Crippen LogP contribution in [0.1, 0.15) is 46.0 Å². The highest BCUT2D eigenvalue weighted by molar-refractivity contribution is 5.45. The van der Waals surface area contributed by atoms with Crippen LogP contribution in [0.4, 0.5) is 0 Å². The maximum Gasteiger partial charge on any atom is 0.114 e. The number of hydrogen-bond donors (Lipinski definition) is 3. The molecule has 5 aliphatic carbocycles. The third-order valence-corrected chi connectivity index (χ3v) is 10.5. The Kier molecular flexibility index (Phi) is 3.94. The zero-order valence-electron chi connectivity index (χ0n) is 19.3. The van der Waals surface area contributed by atoms with Gasteiger partial charge >= 0.3 is 0 Å². The maximum absolute atomic E-state index is 12.5. The lowest BCUT2D eigenvalue weighted by atomic mass is 9.47. The van der Waals surface area contributed by atoms with Crippen molar-refractivity contribution >= 4 is 0 Å². The Bertz CT molecular complexity index is 1010. The predicted molar refractivity (Wildman–Crippen MR) is 126 cm³/mol. The number of likely N-dealkylation sites (tertiary alicyclic amines) is 1. The molecule has 3 saturated carbocycles. The third-order valence-electron chi connectivity index (χ3n) is 10.5. The number of piperidine rings is 1. The van der Waals surface area contributed by atoms with Crippen LogP contribution in [-0.4, -0.2) is 45.9 Å². The summed E-state index contributed by atoms with van der Waals surface area (Å²) in [5.74, 6) is 2.62. The molecule has 8 atom stereocenters. The zero-order valence-corrected chi connectivity index (χ0v) is 19.3. The first kappa shape index (κ1) is 19.7. The van der Waals surface area contributed by atoms with Crippen molar-refractivity contribution in [1.29, 1.82) is 0 Å². The third kappa shape index (κ3) is 2.36. The van der Waals surface area contributed by atoms with Crippen LogP contribution in [0, 0.1) is 35.0 Å². The van der Waals surface area contributed by atoms with E-state index in [9.17, 15) is 10.2 Å². The molecule has 0 radical (unpaired) electrons. The highest BCUT2D eigenvalue weighted by Gasteiger charge is 2.72. The Hall–Kier alpha value is -1.78. The Morgan fingerprint density at radius 1 is 1.19 bits per heavy atom. The molecule has 1 saturated heterocycles. The molecule has 170 valence electrons. The van der Waals surface area contributed by atoms with Crippen LogP contribution in [0.25, 0.3) is 0 Å². The maximum atomic E-state index is 12.5. The fourth-order valence-corrected chi connectivity index (χ4v) is 8.86. The minimum atomic E-state index is -0.770. The van der Waals surface area contributed by atoms with Crippen LogP contribution in [0.15, 0.2) is 59.1 Å². The van der Waals surface area contributed by atoms with E-state index in [1.54, 1.807) is 0 Å². The minimum Gasteiger partial charge on any atom is -0.508 e. The molecule has 7 rings (SSSR count). The van der Waals surface area contributed by atoms with Gasteiger partial charge in [-0.25, -0.2) is 0 Å². The van der Waals surface area contributed by atoms with Crippen LogP contribution in [0.2, 0.25) is 0 Å². The smallest absolute Gasteiger partial charge is 0.114 e. The van der Waals surface area contributed by atoms with E-state index < -0.39 is 5.60 Å². The van der Waals surface area contributed by atoms with E-state index in [1.165, 1.54) is 29.7 Å². The van der Waals surface area contributed by atoms with Crippen molar-refractivity contribution in [2.24, 2.45) is 35.0 Å². The number of hydrogen-bond acceptors (Lipinski definition) is 4. The fraction of sp³-hybridized carbons (Fsp3) is 0.643. The van der Waals surface area contributed by atoms with E-state index in [1.807, 2.05) is 6.08 Å². The molecule has 4 heteroatoms. The van der Waals surface area contributed by atoms with Crippen LogP contribution in [0.3, 0.4) is 0 Å². The number of aliphatic hydroxyl groups is 2. The van der Waals surface area contributed by atoms with Crippen molar-refractivity contribution in [3.8, 4) is 0 Å². The van der Waals surface area contributed by atoms with Crippen molar-refractivity contribution in [1.82, 2.24) is 10.2 Å². The summed E-state index contributed by atoms with van der Waals surface area (Å²) >= 11 is 0. The fourth-order valence-electron chi connectivity index (χ4n) is 8.86. The first-order chi connectivity index (χ1) is 15.4. The summed E-state index contributed by atoms with van der Waals surface area (Å²) in [6.07, 6.45) is 18.7. The Morgan fingerprint density at radius 2 is 2.00 bits per heavy atom. The van der Waals surface area contributed by atoms with Crippen molar-refractivity contribution in [3.63, 3.8) is 0 Å². The van der Waals surface area contributed by atoms with Crippen LogP contribution >= 0.6 is 0 Å². The molecule has 2 heterocycles. The monoisotopic (exact) mass is 432 g/mol. The lowest BCUT2D eigenvalue weighted by Gasteiger charge is -2.65. The highest BCUT2D eigenvalue weighted by atomic mass is 16.3. The Balaban J connectivity index is 1.36. The second-order valence-electron chi connectivity index (χ2n) is 11.9. The van der Waals surface area contributed by atoms with Gasteiger partial charge < -0.3 is 15.5 Å². The summed E-state index contributed by atoms with van der Waals surface area (Å²) in [6.45, 7) is 6.66. The molecule has 0 aromatic heterocycles. The lowest BCUT2D eigenvalue weighted by Crippen LogP contribution is -2.72. The molecular weight excluding hydrogens is 396 g/mol. The Morgan fingerprint density at radius 3 is 2.78 bits per heavy atom. The molecule has 1 spiro atoms. The van der Waals surface area contributed by atoms with Gasteiger partial charge in [0.2, 0.25) is 0 Å². The molecule has 4 fully saturated rings. The number of rotatable bonds is 3. The second-order valence-corrected chi connectivity index (χ2v) is 11.9. The summed E-state index contributed by atoms with van der Waals surface area (Å²) < 4.78 is 0. The van der Waals surface area contributed by atoms with E-state index in [4.69, 9.17) is 0 Å². The molecule has 0 aromatic rings. The standard InChI is InChI=1S/C28H36N2O2/c1-16-19-5-3-4-6-22(19)29-26(16)21-14-20-23(31)10-9-18-13-24-27(2,32)28(21,25(18)20)11-12-30(24)15-17-7-8-17/h3-6,9-10,17-19,21-22,24-25,29,31-32H,7-8,11-15H2,1-2H3/t18?,19?,21-,22?,24+,25?,27+,28+/m0/s1. The predicted octanol–water partition coefficient (Wildman–Crippen LogP) is 4.23. The van der Waals surface area contributed by atoms with Gasteiger partial charge in [0.15, 0.2) is 0 Å². The molecule has 3 N–H and O–H groups in total. The average molecular weight is 433 g/mol. The molecule has 4 nitrogen and oxygen atoms in total. The summed E-state index contributed by atoms with van der Waals surface area (Å²) in [6, 6.07) is 0.527. The molecule has 32 heavy (non-hydrogen) atoms. The molecule has 7 aliphatic rings. The van der Waals surface area contributed by atoms with Crippen LogP contribution < -0.4 is 5.32 Å². The molecule has 0 amide bonds. The van der Waals surface area contributed by atoms with E-state index >= 15 is 0 Å². The van der Waals surface area contributed by atoms with Crippen molar-refractivity contribution in [2.75, 3.05) is 13.1 Å². The van der Waals surface area contributed by atoms with Gasteiger partial charge in [-0.1, -0.05) is 30.4 Å².